The van der Waals surface area contributed by atoms with Gasteiger partial charge in [0.1, 0.15) is 13.2 Å². The van der Waals surface area contributed by atoms with Gasteiger partial charge in [0.25, 0.3) is 0 Å². The van der Waals surface area contributed by atoms with E-state index in [1.807, 2.05) is 27.2 Å². The normalized spacial score (nSPS) is 14.2. The van der Waals surface area contributed by atoms with Crippen molar-refractivity contribution in [2.45, 2.75) is 321 Å². The van der Waals surface area contributed by atoms with Gasteiger partial charge in [-0.25, -0.2) is 4.57 Å². The SMILES string of the molecule is CC/C=C\C/C=C\C/C=C\C/C=C\C/C=C\CCCCCCCCCCCCCCCC(=O)NC(COP(=O)(O)OCC[N+](C)(C)C)C(O)/C=C/CCCCCCCCCCCCCCCCCCCCCCCCCCC. The molecule has 0 aromatic carbocycles. The van der Waals surface area contributed by atoms with E-state index in [1.165, 1.54) is 218 Å². The summed E-state index contributed by atoms with van der Waals surface area (Å²) in [6, 6.07) is -0.852. The number of quaternary nitrogens is 1. The molecule has 456 valence electrons. The van der Waals surface area contributed by atoms with Crippen LogP contribution < -0.4 is 5.32 Å². The van der Waals surface area contributed by atoms with Gasteiger partial charge in [-0.1, -0.05) is 311 Å². The first-order chi connectivity index (χ1) is 38.0. The molecule has 0 heterocycles. The van der Waals surface area contributed by atoms with Crippen LogP contribution in [0.5, 0.6) is 0 Å². The Balaban J connectivity index is 4.12. The molecule has 0 aliphatic rings. The molecule has 0 spiro atoms. The zero-order chi connectivity index (χ0) is 57.0. The van der Waals surface area contributed by atoms with Crippen molar-refractivity contribution in [3.8, 4) is 0 Å². The third-order valence-electron chi connectivity index (χ3n) is 14.9. The van der Waals surface area contributed by atoms with Crippen LogP contribution in [-0.2, 0) is 18.4 Å². The van der Waals surface area contributed by atoms with E-state index < -0.39 is 20.0 Å². The lowest BCUT2D eigenvalue weighted by atomic mass is 10.0. The largest absolute Gasteiger partial charge is 0.472 e. The Bertz CT molecular complexity index is 1500. The number of carbonyl (C=O) groups excluding carboxylic acids is 1. The molecule has 3 N–H and O–H groups in total. The number of amides is 1. The summed E-state index contributed by atoms with van der Waals surface area (Å²) >= 11 is 0. The van der Waals surface area contributed by atoms with Gasteiger partial charge in [-0.3, -0.25) is 13.8 Å². The van der Waals surface area contributed by atoms with Gasteiger partial charge in [0, 0.05) is 6.42 Å². The number of hydrogen-bond acceptors (Lipinski definition) is 5. The van der Waals surface area contributed by atoms with E-state index in [2.05, 4.69) is 79.9 Å². The average Bonchev–Trinajstić information content (AvgIpc) is 3.41. The number of carbonyl (C=O) groups is 1. The number of allylic oxidation sites excluding steroid dienone is 11. The zero-order valence-corrected chi connectivity index (χ0v) is 53.0. The van der Waals surface area contributed by atoms with Gasteiger partial charge in [-0.05, 0) is 64.2 Å². The van der Waals surface area contributed by atoms with E-state index in [-0.39, 0.29) is 19.1 Å². The number of aliphatic hydroxyl groups is 1. The van der Waals surface area contributed by atoms with Gasteiger partial charge in [-0.15, -0.1) is 0 Å². The highest BCUT2D eigenvalue weighted by molar-refractivity contribution is 7.47. The number of nitrogens with zero attached hydrogens (tertiary/aromatic N) is 1. The standard InChI is InChI=1S/C69H129N2O6P/c1-6-8-10-12-14-16-18-20-22-24-26-28-30-32-34-35-37-39-41-43-45-47-49-51-53-55-57-59-61-63-69(73)70-67(66-77-78(74,75)76-65-64-71(3,4)5)68(72)62-60-58-56-54-52-50-48-46-44-42-40-38-36-33-31-29-27-25-23-21-19-17-15-13-11-9-7-2/h8,10,14,16,20,22,26,28,32,34,60,62,67-68,72H,6-7,9,11-13,15,17-19,21,23-25,27,29-31,33,35-59,61,63-66H2,1-5H3,(H-,70,73,74,75)/p+1/b10-8-,16-14-,22-20-,28-26-,34-32-,62-60+. The first-order valence-electron chi connectivity index (χ1n) is 33.3. The Morgan fingerprint density at radius 2 is 0.769 bits per heavy atom. The predicted molar refractivity (Wildman–Crippen MR) is 341 cm³/mol. The van der Waals surface area contributed by atoms with Crippen LogP contribution in [0.2, 0.25) is 0 Å². The minimum absolute atomic E-state index is 0.0598. The van der Waals surface area contributed by atoms with Crippen LogP contribution in [0, 0.1) is 0 Å². The predicted octanol–water partition coefficient (Wildman–Crippen LogP) is 21.0. The van der Waals surface area contributed by atoms with Gasteiger partial charge < -0.3 is 19.8 Å². The van der Waals surface area contributed by atoms with Crippen molar-refractivity contribution in [1.29, 1.82) is 0 Å². The molecule has 3 atom stereocenters. The number of hydrogen-bond donors (Lipinski definition) is 3. The second-order valence-corrected chi connectivity index (χ2v) is 25.3. The number of phosphoric acid groups is 1. The minimum Gasteiger partial charge on any atom is -0.387 e. The maximum atomic E-state index is 13.0. The van der Waals surface area contributed by atoms with Crippen LogP contribution in [0.4, 0.5) is 0 Å². The Kier molecular flexibility index (Phi) is 58.0. The van der Waals surface area contributed by atoms with Crippen molar-refractivity contribution in [2.24, 2.45) is 0 Å². The maximum Gasteiger partial charge on any atom is 0.472 e. The van der Waals surface area contributed by atoms with E-state index >= 15 is 0 Å². The molecular weight excluding hydrogens is 984 g/mol. The molecule has 0 radical (unpaired) electrons. The average molecular weight is 1110 g/mol. The van der Waals surface area contributed by atoms with Gasteiger partial charge in [0.05, 0.1) is 39.9 Å². The summed E-state index contributed by atoms with van der Waals surface area (Å²) in [5.74, 6) is -0.177. The molecule has 0 aliphatic heterocycles. The molecule has 9 heteroatoms. The summed E-state index contributed by atoms with van der Waals surface area (Å²) in [6.07, 6.45) is 83.1. The molecule has 0 aromatic rings. The summed E-state index contributed by atoms with van der Waals surface area (Å²) < 4.78 is 23.8. The second kappa shape index (κ2) is 59.6. The van der Waals surface area contributed by atoms with E-state index in [0.29, 0.717) is 17.4 Å². The summed E-state index contributed by atoms with van der Waals surface area (Å²) in [5.41, 5.74) is 0. The quantitative estimate of drug-likeness (QED) is 0.0243. The molecular formula is C69H130N2O6P+. The number of aliphatic hydroxyl groups excluding tert-OH is 1. The molecule has 0 fully saturated rings. The lowest BCUT2D eigenvalue weighted by Crippen LogP contribution is -2.45. The Labute approximate surface area is 484 Å². The molecule has 0 rings (SSSR count). The fourth-order valence-electron chi connectivity index (χ4n) is 9.78. The Hall–Kier alpha value is -2.06. The minimum atomic E-state index is -4.36. The van der Waals surface area contributed by atoms with Crippen LogP contribution in [-0.4, -0.2) is 73.4 Å². The van der Waals surface area contributed by atoms with Gasteiger partial charge in [-0.2, -0.15) is 0 Å². The van der Waals surface area contributed by atoms with Crippen molar-refractivity contribution < 1.29 is 32.9 Å². The monoisotopic (exact) mass is 1110 g/mol. The first-order valence-corrected chi connectivity index (χ1v) is 34.8. The maximum absolute atomic E-state index is 13.0. The summed E-state index contributed by atoms with van der Waals surface area (Å²) in [4.78, 5) is 23.4. The van der Waals surface area contributed by atoms with Crippen LogP contribution in [0.1, 0.15) is 309 Å². The lowest BCUT2D eigenvalue weighted by Gasteiger charge is -2.25. The van der Waals surface area contributed by atoms with Crippen molar-refractivity contribution >= 4 is 13.7 Å². The van der Waals surface area contributed by atoms with E-state index in [1.54, 1.807) is 6.08 Å². The van der Waals surface area contributed by atoms with Gasteiger partial charge in [0.15, 0.2) is 0 Å². The number of likely N-dealkylation sites (N-methyl/N-ethyl adjacent to an activating group) is 1. The van der Waals surface area contributed by atoms with Crippen LogP contribution >= 0.6 is 7.82 Å². The third kappa shape index (κ3) is 61.6. The van der Waals surface area contributed by atoms with Crippen molar-refractivity contribution in [3.63, 3.8) is 0 Å². The van der Waals surface area contributed by atoms with Crippen molar-refractivity contribution in [3.05, 3.63) is 72.9 Å². The number of unbranched alkanes of at least 4 members (excludes halogenated alkanes) is 38. The van der Waals surface area contributed by atoms with Crippen LogP contribution in [0.3, 0.4) is 0 Å². The Morgan fingerprint density at radius 1 is 0.449 bits per heavy atom. The number of phosphoric ester groups is 1. The molecule has 78 heavy (non-hydrogen) atoms. The van der Waals surface area contributed by atoms with Crippen LogP contribution in [0.25, 0.3) is 0 Å². The smallest absolute Gasteiger partial charge is 0.387 e. The molecule has 3 unspecified atom stereocenters. The molecule has 1 amide bonds. The first kappa shape index (κ1) is 75.9. The number of rotatable bonds is 61. The molecule has 0 saturated heterocycles. The molecule has 0 saturated carbocycles. The molecule has 0 aliphatic carbocycles. The van der Waals surface area contributed by atoms with Crippen molar-refractivity contribution in [2.75, 3.05) is 40.9 Å². The fraction of sp³-hybridized carbons (Fsp3) is 0.812. The van der Waals surface area contributed by atoms with Crippen molar-refractivity contribution in [1.82, 2.24) is 5.32 Å². The van der Waals surface area contributed by atoms with E-state index in [9.17, 15) is 19.4 Å². The highest BCUT2D eigenvalue weighted by Gasteiger charge is 2.28. The summed E-state index contributed by atoms with van der Waals surface area (Å²) in [6.45, 7) is 4.74. The van der Waals surface area contributed by atoms with Gasteiger partial charge >= 0.3 is 7.82 Å². The highest BCUT2D eigenvalue weighted by Crippen LogP contribution is 2.43. The molecule has 0 bridgehead atoms. The molecule has 0 aromatic heterocycles. The summed E-state index contributed by atoms with van der Waals surface area (Å²) in [5, 5.41) is 14.0. The van der Waals surface area contributed by atoms with Gasteiger partial charge in [0.2, 0.25) is 5.91 Å². The van der Waals surface area contributed by atoms with Crippen LogP contribution in [0.15, 0.2) is 72.9 Å². The molecule has 8 nitrogen and oxygen atoms in total. The zero-order valence-electron chi connectivity index (χ0n) is 52.2. The number of nitrogens with one attached hydrogen (secondary N) is 1. The second-order valence-electron chi connectivity index (χ2n) is 23.8. The Morgan fingerprint density at radius 3 is 1.13 bits per heavy atom. The fourth-order valence-corrected chi connectivity index (χ4v) is 10.5. The lowest BCUT2D eigenvalue weighted by molar-refractivity contribution is -0.870. The third-order valence-corrected chi connectivity index (χ3v) is 15.9. The highest BCUT2D eigenvalue weighted by atomic mass is 31.2. The van der Waals surface area contributed by atoms with E-state index in [4.69, 9.17) is 9.05 Å². The topological polar surface area (TPSA) is 105 Å². The van der Waals surface area contributed by atoms with E-state index in [0.717, 1.165) is 70.6 Å². The summed E-state index contributed by atoms with van der Waals surface area (Å²) in [7, 11) is 1.58.